The third-order valence-electron chi connectivity index (χ3n) is 6.91. The highest BCUT2D eigenvalue weighted by Crippen LogP contribution is 2.32. The molecule has 1 atom stereocenters. The highest BCUT2D eigenvalue weighted by Gasteiger charge is 2.31. The van der Waals surface area contributed by atoms with Gasteiger partial charge in [0.1, 0.15) is 11.6 Å². The van der Waals surface area contributed by atoms with Crippen LogP contribution < -0.4 is 0 Å². The zero-order valence-corrected chi connectivity index (χ0v) is 20.4. The van der Waals surface area contributed by atoms with Crippen molar-refractivity contribution in [3.63, 3.8) is 0 Å². The zero-order valence-electron chi connectivity index (χ0n) is 20.4. The lowest BCUT2D eigenvalue weighted by atomic mass is 10.1. The number of nitrogens with zero attached hydrogens (tertiary/aromatic N) is 6. The summed E-state index contributed by atoms with van der Waals surface area (Å²) in [5.74, 6) is 2.32. The van der Waals surface area contributed by atoms with Gasteiger partial charge >= 0.3 is 0 Å². The largest absolute Gasteiger partial charge is 0.334 e. The molecule has 0 saturated carbocycles. The first-order chi connectivity index (χ1) is 16.4. The van der Waals surface area contributed by atoms with Gasteiger partial charge in [-0.25, -0.2) is 15.0 Å². The van der Waals surface area contributed by atoms with Gasteiger partial charge < -0.3 is 9.47 Å². The molecule has 1 aliphatic rings. The fourth-order valence-corrected chi connectivity index (χ4v) is 4.92. The second kappa shape index (κ2) is 9.05. The molecule has 1 amide bonds. The van der Waals surface area contributed by atoms with Crippen molar-refractivity contribution in [2.75, 3.05) is 6.54 Å². The van der Waals surface area contributed by atoms with Gasteiger partial charge in [-0.3, -0.25) is 9.36 Å². The van der Waals surface area contributed by atoms with Crippen molar-refractivity contribution in [3.05, 3.63) is 71.7 Å². The summed E-state index contributed by atoms with van der Waals surface area (Å²) in [4.78, 5) is 29.3. The van der Waals surface area contributed by atoms with Crippen LogP contribution in [0.3, 0.4) is 0 Å². The lowest BCUT2D eigenvalue weighted by Gasteiger charge is -2.25. The number of likely N-dealkylation sites (tertiary alicyclic amines) is 1. The average molecular weight is 457 g/mol. The molecule has 7 heteroatoms. The number of carbonyl (C=O) groups is 1. The van der Waals surface area contributed by atoms with E-state index in [9.17, 15) is 4.79 Å². The standard InChI is InChI=1S/C27H32N6O/c1-18(2)27-28-11-14-33(27)25-9-5-7-21(30-25)23-8-6-12-32(23)26(34)10-13-31-17-29-22-15-19(3)20(4)16-24(22)31/h5,7,9,11,14-18,23H,6,8,10,12-13H2,1-4H3/t23-/m0/s1. The van der Waals surface area contributed by atoms with E-state index in [1.54, 1.807) is 0 Å². The summed E-state index contributed by atoms with van der Waals surface area (Å²) in [5, 5.41) is 0. The Balaban J connectivity index is 1.33. The molecule has 1 aliphatic heterocycles. The summed E-state index contributed by atoms with van der Waals surface area (Å²) in [7, 11) is 0. The highest BCUT2D eigenvalue weighted by atomic mass is 16.2. The predicted octanol–water partition coefficient (Wildman–Crippen LogP) is 5.11. The number of aryl methyl sites for hydroxylation is 3. The Hall–Kier alpha value is -3.48. The number of imidazole rings is 2. The molecule has 3 aromatic heterocycles. The summed E-state index contributed by atoms with van der Waals surface area (Å²) in [6.45, 7) is 9.88. The summed E-state index contributed by atoms with van der Waals surface area (Å²) < 4.78 is 4.14. The van der Waals surface area contributed by atoms with Gasteiger partial charge in [0.25, 0.3) is 0 Å². The van der Waals surface area contributed by atoms with E-state index >= 15 is 0 Å². The zero-order chi connectivity index (χ0) is 23.8. The number of aromatic nitrogens is 5. The van der Waals surface area contributed by atoms with Crippen LogP contribution in [0.1, 0.15) is 67.7 Å². The Morgan fingerprint density at radius 2 is 1.97 bits per heavy atom. The van der Waals surface area contributed by atoms with E-state index in [-0.39, 0.29) is 11.9 Å². The van der Waals surface area contributed by atoms with E-state index in [0.29, 0.717) is 18.9 Å². The number of benzene rings is 1. The molecule has 0 bridgehead atoms. The van der Waals surface area contributed by atoms with E-state index in [1.165, 1.54) is 11.1 Å². The van der Waals surface area contributed by atoms with Crippen LogP contribution in [-0.2, 0) is 11.3 Å². The molecular formula is C27H32N6O. The maximum Gasteiger partial charge on any atom is 0.224 e. The highest BCUT2D eigenvalue weighted by molar-refractivity contribution is 5.79. The molecular weight excluding hydrogens is 424 g/mol. The molecule has 176 valence electrons. The molecule has 1 fully saturated rings. The van der Waals surface area contributed by atoms with E-state index in [0.717, 1.165) is 47.8 Å². The number of hydrogen-bond acceptors (Lipinski definition) is 4. The topological polar surface area (TPSA) is 68.8 Å². The van der Waals surface area contributed by atoms with Crippen molar-refractivity contribution in [3.8, 4) is 5.82 Å². The molecule has 34 heavy (non-hydrogen) atoms. The van der Waals surface area contributed by atoms with Gasteiger partial charge in [-0.2, -0.15) is 0 Å². The first kappa shape index (κ1) is 22.3. The van der Waals surface area contributed by atoms with Gasteiger partial charge in [0.2, 0.25) is 5.91 Å². The van der Waals surface area contributed by atoms with Crippen LogP contribution in [0.4, 0.5) is 0 Å². The van der Waals surface area contributed by atoms with E-state index in [4.69, 9.17) is 4.98 Å². The molecule has 0 N–H and O–H groups in total. The predicted molar refractivity (Wildman–Crippen MR) is 133 cm³/mol. The minimum absolute atomic E-state index is 0.0166. The second-order valence-electron chi connectivity index (χ2n) is 9.59. The Kier molecular flexibility index (Phi) is 5.94. The van der Waals surface area contributed by atoms with Crippen molar-refractivity contribution >= 4 is 16.9 Å². The minimum Gasteiger partial charge on any atom is -0.334 e. The molecule has 0 aliphatic carbocycles. The summed E-state index contributed by atoms with van der Waals surface area (Å²) in [5.41, 5.74) is 5.50. The van der Waals surface area contributed by atoms with Gasteiger partial charge in [0, 0.05) is 37.8 Å². The van der Waals surface area contributed by atoms with Gasteiger partial charge in [0.15, 0.2) is 0 Å². The molecule has 5 rings (SSSR count). The molecule has 0 unspecified atom stereocenters. The Labute approximate surface area is 200 Å². The first-order valence-electron chi connectivity index (χ1n) is 12.1. The van der Waals surface area contributed by atoms with Crippen LogP contribution in [0, 0.1) is 13.8 Å². The molecule has 1 saturated heterocycles. The fourth-order valence-electron chi connectivity index (χ4n) is 4.92. The van der Waals surface area contributed by atoms with Crippen LogP contribution >= 0.6 is 0 Å². The van der Waals surface area contributed by atoms with E-state index in [2.05, 4.69) is 54.4 Å². The van der Waals surface area contributed by atoms with Crippen molar-refractivity contribution in [1.29, 1.82) is 0 Å². The maximum absolute atomic E-state index is 13.3. The van der Waals surface area contributed by atoms with Gasteiger partial charge in [-0.1, -0.05) is 19.9 Å². The van der Waals surface area contributed by atoms with Crippen LogP contribution in [0.2, 0.25) is 0 Å². The minimum atomic E-state index is 0.0166. The lowest BCUT2D eigenvalue weighted by molar-refractivity contribution is -0.132. The van der Waals surface area contributed by atoms with Gasteiger partial charge in [0.05, 0.1) is 29.1 Å². The Morgan fingerprint density at radius 3 is 2.79 bits per heavy atom. The van der Waals surface area contributed by atoms with Gasteiger partial charge in [-0.15, -0.1) is 0 Å². The molecule has 0 radical (unpaired) electrons. The monoisotopic (exact) mass is 456 g/mol. The lowest BCUT2D eigenvalue weighted by Crippen LogP contribution is -2.31. The number of hydrogen-bond donors (Lipinski definition) is 0. The second-order valence-corrected chi connectivity index (χ2v) is 9.59. The third kappa shape index (κ3) is 4.11. The number of carbonyl (C=O) groups excluding carboxylic acids is 1. The van der Waals surface area contributed by atoms with Crippen LogP contribution in [-0.4, -0.2) is 41.4 Å². The van der Waals surface area contributed by atoms with E-state index in [1.807, 2.05) is 46.4 Å². The molecule has 7 nitrogen and oxygen atoms in total. The average Bonchev–Trinajstić information content (AvgIpc) is 3.58. The summed E-state index contributed by atoms with van der Waals surface area (Å²) in [6.07, 6.45) is 8.01. The molecule has 0 spiro atoms. The van der Waals surface area contributed by atoms with Crippen molar-refractivity contribution in [2.45, 2.75) is 65.5 Å². The maximum atomic E-state index is 13.3. The van der Waals surface area contributed by atoms with E-state index < -0.39 is 0 Å². The fraction of sp³-hybridized carbons (Fsp3) is 0.407. The van der Waals surface area contributed by atoms with Crippen LogP contribution in [0.25, 0.3) is 16.9 Å². The molecule has 1 aromatic carbocycles. The SMILES string of the molecule is Cc1cc2ncn(CCC(=O)N3CCC[C@H]3c3cccc(-n4ccnc4C(C)C)n3)c2cc1C. The third-order valence-corrected chi connectivity index (χ3v) is 6.91. The smallest absolute Gasteiger partial charge is 0.224 e. The number of amides is 1. The quantitative estimate of drug-likeness (QED) is 0.404. The van der Waals surface area contributed by atoms with Crippen LogP contribution in [0.15, 0.2) is 49.1 Å². The van der Waals surface area contributed by atoms with Crippen molar-refractivity contribution < 1.29 is 4.79 Å². The van der Waals surface area contributed by atoms with Crippen LogP contribution in [0.5, 0.6) is 0 Å². The van der Waals surface area contributed by atoms with Gasteiger partial charge in [-0.05, 0) is 62.1 Å². The Morgan fingerprint density at radius 1 is 1.15 bits per heavy atom. The molecule has 4 heterocycles. The Bertz CT molecular complexity index is 1330. The number of pyridine rings is 1. The number of rotatable bonds is 6. The summed E-state index contributed by atoms with van der Waals surface area (Å²) in [6, 6.07) is 10.4. The first-order valence-corrected chi connectivity index (χ1v) is 12.1. The number of fused-ring (bicyclic) bond motifs is 1. The molecule has 4 aromatic rings. The summed E-state index contributed by atoms with van der Waals surface area (Å²) >= 11 is 0. The normalized spacial score (nSPS) is 16.1. The van der Waals surface area contributed by atoms with Crippen molar-refractivity contribution in [2.24, 2.45) is 0 Å². The van der Waals surface area contributed by atoms with Crippen molar-refractivity contribution in [1.82, 2.24) is 29.0 Å².